The molecule has 2 rings (SSSR count). The van der Waals surface area contributed by atoms with Gasteiger partial charge < -0.3 is 19.9 Å². The van der Waals surface area contributed by atoms with Gasteiger partial charge in [0.1, 0.15) is 12.3 Å². The molecule has 1 amide bonds. The maximum absolute atomic E-state index is 11.3. The van der Waals surface area contributed by atoms with Crippen LogP contribution in [0.15, 0.2) is 46.6 Å². The van der Waals surface area contributed by atoms with E-state index in [1.165, 1.54) is 25.7 Å². The van der Waals surface area contributed by atoms with Crippen LogP contribution in [0.2, 0.25) is 0 Å². The van der Waals surface area contributed by atoms with Gasteiger partial charge in [0.2, 0.25) is 5.91 Å². The van der Waals surface area contributed by atoms with Crippen LogP contribution in [0.3, 0.4) is 0 Å². The summed E-state index contributed by atoms with van der Waals surface area (Å²) in [4.78, 5) is 22.4. The first kappa shape index (κ1) is 20.5. The summed E-state index contributed by atoms with van der Waals surface area (Å²) in [6.45, 7) is 3.62. The Balaban J connectivity index is 2.29. The summed E-state index contributed by atoms with van der Waals surface area (Å²) in [5.41, 5.74) is 2.48. The van der Waals surface area contributed by atoms with Gasteiger partial charge in [0.05, 0.1) is 11.6 Å². The Bertz CT molecular complexity index is 875. The normalized spacial score (nSPS) is 11.0. The summed E-state index contributed by atoms with van der Waals surface area (Å²) in [5.74, 6) is -0.755. The largest absolute Gasteiger partial charge is 0.493 e. The number of amides is 1. The van der Waals surface area contributed by atoms with E-state index in [1.54, 1.807) is 12.1 Å². The van der Waals surface area contributed by atoms with Crippen molar-refractivity contribution in [3.8, 4) is 11.5 Å². The van der Waals surface area contributed by atoms with Crippen molar-refractivity contribution < 1.29 is 24.2 Å². The van der Waals surface area contributed by atoms with E-state index in [1.807, 2.05) is 31.2 Å². The second-order valence-corrected chi connectivity index (χ2v) is 6.71. The molecule has 0 radical (unpaired) electrons. The molecule has 0 atom stereocenters. The number of carbonyl (C=O) groups excluding carboxylic acids is 1. The molecule has 0 aliphatic carbocycles. The maximum Gasteiger partial charge on any atom is 0.352 e. The average molecular weight is 434 g/mol. The van der Waals surface area contributed by atoms with Crippen LogP contribution in [0.1, 0.15) is 23.6 Å². The number of aryl methyl sites for hydroxylation is 1. The molecule has 0 spiro atoms. The third kappa shape index (κ3) is 5.86. The number of benzene rings is 2. The summed E-state index contributed by atoms with van der Waals surface area (Å²) in [6, 6.07) is 11.3. The second-order valence-electron chi connectivity index (χ2n) is 5.85. The van der Waals surface area contributed by atoms with Crippen molar-refractivity contribution in [1.29, 1.82) is 0 Å². The molecule has 2 aromatic rings. The van der Waals surface area contributed by atoms with Gasteiger partial charge in [-0.15, -0.1) is 0 Å². The van der Waals surface area contributed by atoms with Crippen LogP contribution in [0.5, 0.6) is 11.5 Å². The lowest BCUT2D eigenvalue weighted by molar-refractivity contribution is -0.134. The van der Waals surface area contributed by atoms with Gasteiger partial charge in [-0.25, -0.2) is 4.79 Å². The predicted octanol–water partition coefficient (Wildman–Crippen LogP) is 3.91. The number of hydrogen-bond acceptors (Lipinski definition) is 4. The summed E-state index contributed by atoms with van der Waals surface area (Å²) in [5, 5.41) is 11.5. The molecule has 0 saturated carbocycles. The minimum absolute atomic E-state index is 0.232. The first-order valence-corrected chi connectivity index (χ1v) is 8.88. The van der Waals surface area contributed by atoms with Crippen molar-refractivity contribution in [2.45, 2.75) is 20.5 Å². The SMILES string of the molecule is COc1cc(/C=C(/NC(C)=O)C(=O)O)cc(Br)c1OCc1ccc(C)cc1. The average Bonchev–Trinajstić information content (AvgIpc) is 2.60. The maximum atomic E-state index is 11.3. The van der Waals surface area contributed by atoms with E-state index in [9.17, 15) is 14.7 Å². The number of aliphatic carboxylic acids is 1. The van der Waals surface area contributed by atoms with Gasteiger partial charge >= 0.3 is 5.97 Å². The number of methoxy groups -OCH3 is 1. The van der Waals surface area contributed by atoms with Crippen molar-refractivity contribution in [3.63, 3.8) is 0 Å². The van der Waals surface area contributed by atoms with Gasteiger partial charge in [-0.05, 0) is 52.2 Å². The topological polar surface area (TPSA) is 84.9 Å². The van der Waals surface area contributed by atoms with Gasteiger partial charge in [0, 0.05) is 6.92 Å². The van der Waals surface area contributed by atoms with Crippen LogP contribution < -0.4 is 14.8 Å². The minimum atomic E-state index is -1.24. The van der Waals surface area contributed by atoms with Crippen LogP contribution in [-0.2, 0) is 16.2 Å². The first-order chi connectivity index (χ1) is 12.8. The van der Waals surface area contributed by atoms with Gasteiger partial charge in [-0.3, -0.25) is 4.79 Å². The lowest BCUT2D eigenvalue weighted by atomic mass is 10.1. The quantitative estimate of drug-likeness (QED) is 0.646. The van der Waals surface area contributed by atoms with Crippen molar-refractivity contribution >= 4 is 33.9 Å². The predicted molar refractivity (Wildman–Crippen MR) is 106 cm³/mol. The zero-order valence-corrected chi connectivity index (χ0v) is 16.8. The van der Waals surface area contributed by atoms with Gasteiger partial charge in [0.15, 0.2) is 11.5 Å². The van der Waals surface area contributed by atoms with Gasteiger partial charge in [-0.2, -0.15) is 0 Å². The summed E-state index contributed by atoms with van der Waals surface area (Å²) in [6.07, 6.45) is 1.35. The molecule has 0 heterocycles. The number of rotatable bonds is 7. The third-order valence-corrected chi connectivity index (χ3v) is 4.20. The molecular weight excluding hydrogens is 414 g/mol. The molecule has 27 heavy (non-hydrogen) atoms. The van der Waals surface area contributed by atoms with Crippen LogP contribution >= 0.6 is 15.9 Å². The van der Waals surface area contributed by atoms with Crippen LogP contribution in [0.25, 0.3) is 6.08 Å². The van der Waals surface area contributed by atoms with Crippen molar-refractivity contribution in [1.82, 2.24) is 5.32 Å². The molecule has 0 bridgehead atoms. The van der Waals surface area contributed by atoms with E-state index < -0.39 is 11.9 Å². The molecule has 142 valence electrons. The zero-order chi connectivity index (χ0) is 20.0. The fourth-order valence-corrected chi connectivity index (χ4v) is 2.88. The lowest BCUT2D eigenvalue weighted by Crippen LogP contribution is -2.24. The highest BCUT2D eigenvalue weighted by molar-refractivity contribution is 9.10. The highest BCUT2D eigenvalue weighted by Crippen LogP contribution is 2.37. The Morgan fingerprint density at radius 1 is 1.22 bits per heavy atom. The fourth-order valence-electron chi connectivity index (χ4n) is 2.31. The number of nitrogens with one attached hydrogen (secondary N) is 1. The molecule has 0 unspecified atom stereocenters. The van der Waals surface area contributed by atoms with Crippen LogP contribution in [0, 0.1) is 6.92 Å². The molecule has 2 N–H and O–H groups in total. The Morgan fingerprint density at radius 3 is 2.44 bits per heavy atom. The Hall–Kier alpha value is -2.80. The van der Waals surface area contributed by atoms with E-state index in [0.717, 1.165) is 5.56 Å². The summed E-state index contributed by atoms with van der Waals surface area (Å²) < 4.78 is 11.9. The molecule has 6 nitrogen and oxygen atoms in total. The number of ether oxygens (including phenoxy) is 2. The Morgan fingerprint density at radius 2 is 1.89 bits per heavy atom. The molecule has 0 fully saturated rings. The second kappa shape index (κ2) is 9.23. The molecular formula is C20H20BrNO5. The van der Waals surface area contributed by atoms with E-state index in [2.05, 4.69) is 21.2 Å². The summed E-state index contributed by atoms with van der Waals surface area (Å²) in [7, 11) is 1.50. The summed E-state index contributed by atoms with van der Waals surface area (Å²) >= 11 is 3.43. The number of halogens is 1. The number of hydrogen-bond donors (Lipinski definition) is 2. The molecule has 2 aromatic carbocycles. The smallest absolute Gasteiger partial charge is 0.352 e. The Labute approximate surface area is 165 Å². The van der Waals surface area contributed by atoms with E-state index in [0.29, 0.717) is 28.1 Å². The Kier molecular flexibility index (Phi) is 7.01. The van der Waals surface area contributed by atoms with E-state index in [-0.39, 0.29) is 5.70 Å². The van der Waals surface area contributed by atoms with Crippen LogP contribution in [0.4, 0.5) is 0 Å². The standard InChI is InChI=1S/C20H20BrNO5/c1-12-4-6-14(7-5-12)11-27-19-16(21)8-15(10-18(19)26-3)9-17(20(24)25)22-13(2)23/h4-10H,11H2,1-3H3,(H,22,23)(H,24,25)/b17-9+. The highest BCUT2D eigenvalue weighted by Gasteiger charge is 2.14. The molecule has 0 saturated heterocycles. The zero-order valence-electron chi connectivity index (χ0n) is 15.2. The van der Waals surface area contributed by atoms with Gasteiger partial charge in [-0.1, -0.05) is 29.8 Å². The fraction of sp³-hybridized carbons (Fsp3) is 0.200. The lowest BCUT2D eigenvalue weighted by Gasteiger charge is -2.14. The molecule has 0 aliphatic rings. The van der Waals surface area contributed by atoms with Crippen molar-refractivity contribution in [3.05, 3.63) is 63.3 Å². The van der Waals surface area contributed by atoms with E-state index in [4.69, 9.17) is 9.47 Å². The van der Waals surface area contributed by atoms with Gasteiger partial charge in [0.25, 0.3) is 0 Å². The monoisotopic (exact) mass is 433 g/mol. The minimum Gasteiger partial charge on any atom is -0.493 e. The number of carbonyl (C=O) groups is 2. The number of carboxylic acids is 1. The van der Waals surface area contributed by atoms with E-state index >= 15 is 0 Å². The third-order valence-electron chi connectivity index (χ3n) is 3.61. The van der Waals surface area contributed by atoms with Crippen molar-refractivity contribution in [2.75, 3.05) is 7.11 Å². The number of carboxylic acid groups (broad SMARTS) is 1. The molecule has 7 heteroatoms. The molecule has 0 aliphatic heterocycles. The highest BCUT2D eigenvalue weighted by atomic mass is 79.9. The molecule has 0 aromatic heterocycles. The first-order valence-electron chi connectivity index (χ1n) is 8.08. The van der Waals surface area contributed by atoms with Crippen molar-refractivity contribution in [2.24, 2.45) is 0 Å². The van der Waals surface area contributed by atoms with Crippen LogP contribution in [-0.4, -0.2) is 24.1 Å².